The topological polar surface area (TPSA) is 86.7 Å². The molecule has 1 N–H and O–H groups in total. The minimum absolute atomic E-state index is 0.104. The summed E-state index contributed by atoms with van der Waals surface area (Å²) in [4.78, 5) is 25.2. The Morgan fingerprint density at radius 2 is 1.84 bits per heavy atom. The first-order valence-electron chi connectivity index (χ1n) is 10.9. The third-order valence-electron chi connectivity index (χ3n) is 5.71. The molecule has 0 bridgehead atoms. The van der Waals surface area contributed by atoms with Crippen molar-refractivity contribution in [3.8, 4) is 0 Å². The molecule has 0 aliphatic carbocycles. The molecule has 31 heavy (non-hydrogen) atoms. The minimum Gasteiger partial charge on any atom is -0.309 e. The second kappa shape index (κ2) is 8.53. The lowest BCUT2D eigenvalue weighted by molar-refractivity contribution is -0.117. The molecule has 164 valence electrons. The van der Waals surface area contributed by atoms with Crippen LogP contribution in [0.3, 0.4) is 0 Å². The number of nitrogens with one attached hydrogen (secondary N) is 1. The smallest absolute Gasteiger partial charge is 0.309 e. The van der Waals surface area contributed by atoms with E-state index in [0.717, 1.165) is 37.1 Å². The molecule has 0 saturated carbocycles. The van der Waals surface area contributed by atoms with Gasteiger partial charge in [0.1, 0.15) is 18.2 Å². The number of amides is 1. The van der Waals surface area contributed by atoms with Gasteiger partial charge >= 0.3 is 5.69 Å². The zero-order chi connectivity index (χ0) is 22.0. The molecule has 0 spiro atoms. The van der Waals surface area contributed by atoms with Crippen LogP contribution in [0.15, 0.2) is 41.3 Å². The lowest BCUT2D eigenvalue weighted by atomic mass is 9.87. The van der Waals surface area contributed by atoms with Gasteiger partial charge in [-0.3, -0.25) is 9.36 Å². The number of anilines is 1. The summed E-state index contributed by atoms with van der Waals surface area (Å²) in [6.45, 7) is 7.68. The van der Waals surface area contributed by atoms with Crippen LogP contribution in [-0.4, -0.2) is 30.0 Å². The molecule has 0 radical (unpaired) electrons. The van der Waals surface area contributed by atoms with Gasteiger partial charge in [0.25, 0.3) is 0 Å². The zero-order valence-electron chi connectivity index (χ0n) is 18.5. The van der Waals surface area contributed by atoms with Crippen molar-refractivity contribution in [2.24, 2.45) is 0 Å². The second-order valence-electron chi connectivity index (χ2n) is 9.19. The molecule has 1 aliphatic heterocycles. The Hall–Kier alpha value is -3.16. The summed E-state index contributed by atoms with van der Waals surface area (Å²) in [5.41, 5.74) is 2.27. The first-order valence-corrected chi connectivity index (χ1v) is 10.9. The summed E-state index contributed by atoms with van der Waals surface area (Å²) in [5.74, 6) is 1.08. The van der Waals surface area contributed by atoms with E-state index in [2.05, 4.69) is 60.6 Å². The summed E-state index contributed by atoms with van der Waals surface area (Å²) in [6, 6.07) is 10.2. The highest BCUT2D eigenvalue weighted by Crippen LogP contribution is 2.22. The van der Waals surface area contributed by atoms with E-state index in [1.165, 1.54) is 10.2 Å². The van der Waals surface area contributed by atoms with Crippen LogP contribution in [0.25, 0.3) is 0 Å². The van der Waals surface area contributed by atoms with Crippen LogP contribution >= 0.6 is 0 Å². The fourth-order valence-corrected chi connectivity index (χ4v) is 3.89. The van der Waals surface area contributed by atoms with Crippen LogP contribution < -0.4 is 11.0 Å². The number of hydrogen-bond donors (Lipinski definition) is 1. The highest BCUT2D eigenvalue weighted by molar-refractivity contribution is 5.89. The summed E-state index contributed by atoms with van der Waals surface area (Å²) in [7, 11) is 0. The van der Waals surface area contributed by atoms with Gasteiger partial charge < -0.3 is 5.32 Å². The maximum Gasteiger partial charge on any atom is 0.346 e. The summed E-state index contributed by atoms with van der Waals surface area (Å²) in [5, 5.41) is 11.6. The van der Waals surface area contributed by atoms with Gasteiger partial charge in [-0.2, -0.15) is 10.2 Å². The molecule has 8 nitrogen and oxygen atoms in total. The first-order chi connectivity index (χ1) is 14.8. The Morgan fingerprint density at radius 3 is 2.58 bits per heavy atom. The van der Waals surface area contributed by atoms with Crippen molar-refractivity contribution in [3.05, 3.63) is 64.0 Å². The number of carbonyl (C=O) groups excluding carboxylic acids is 1. The predicted octanol–water partition coefficient (Wildman–Crippen LogP) is 2.95. The normalized spacial score (nSPS) is 14.2. The average molecular weight is 423 g/mol. The molecule has 0 unspecified atom stereocenters. The van der Waals surface area contributed by atoms with E-state index in [4.69, 9.17) is 0 Å². The summed E-state index contributed by atoms with van der Waals surface area (Å²) in [6.07, 6.45) is 5.54. The van der Waals surface area contributed by atoms with Gasteiger partial charge in [0, 0.05) is 19.0 Å². The van der Waals surface area contributed by atoms with Gasteiger partial charge in [-0.05, 0) is 29.4 Å². The highest BCUT2D eigenvalue weighted by atomic mass is 16.2. The number of rotatable bonds is 5. The number of nitrogens with zero attached hydrogens (tertiary/aromatic N) is 5. The number of fused-ring (bicyclic) bond motifs is 1. The summed E-state index contributed by atoms with van der Waals surface area (Å²) < 4.78 is 4.71. The first kappa shape index (κ1) is 21.1. The van der Waals surface area contributed by atoms with Gasteiger partial charge in [-0.15, -0.1) is 0 Å². The van der Waals surface area contributed by atoms with Gasteiger partial charge in [-0.25, -0.2) is 14.2 Å². The van der Waals surface area contributed by atoms with Crippen molar-refractivity contribution in [2.45, 2.75) is 71.5 Å². The van der Waals surface area contributed by atoms with Crippen molar-refractivity contribution in [1.29, 1.82) is 0 Å². The van der Waals surface area contributed by atoms with Crippen LogP contribution in [0.4, 0.5) is 5.82 Å². The molecular formula is C23H30N6O2. The molecule has 3 heterocycles. The van der Waals surface area contributed by atoms with E-state index in [-0.39, 0.29) is 23.6 Å². The van der Waals surface area contributed by atoms with E-state index in [1.54, 1.807) is 21.5 Å². The molecule has 1 aromatic carbocycles. The van der Waals surface area contributed by atoms with Crippen LogP contribution in [-0.2, 0) is 36.3 Å². The number of aryl methyl sites for hydroxylation is 1. The third-order valence-corrected chi connectivity index (χ3v) is 5.71. The standard InChI is InChI=1S/C23H30N6O2/c1-23(2,3)18-10-8-17(9-11-18)15-28-19(12-13-24-28)25-21(30)16-29-22(31)27-14-6-4-5-7-20(27)26-29/h8-13H,4-7,14-16H2,1-3H3,(H,25,30). The Kier molecular flexibility index (Phi) is 5.80. The second-order valence-corrected chi connectivity index (χ2v) is 9.19. The van der Waals surface area contributed by atoms with Crippen molar-refractivity contribution in [1.82, 2.24) is 24.1 Å². The van der Waals surface area contributed by atoms with Crippen molar-refractivity contribution < 1.29 is 4.79 Å². The van der Waals surface area contributed by atoms with Gasteiger partial charge in [0.15, 0.2) is 0 Å². The average Bonchev–Trinajstić information content (AvgIpc) is 3.16. The Bertz CT molecular complexity index is 1110. The number of carbonyl (C=O) groups is 1. The fraction of sp³-hybridized carbons (Fsp3) is 0.478. The fourth-order valence-electron chi connectivity index (χ4n) is 3.89. The lowest BCUT2D eigenvalue weighted by Gasteiger charge is -2.19. The van der Waals surface area contributed by atoms with E-state index < -0.39 is 0 Å². The van der Waals surface area contributed by atoms with Gasteiger partial charge in [0.05, 0.1) is 12.7 Å². The molecule has 1 amide bonds. The van der Waals surface area contributed by atoms with Gasteiger partial charge in [-0.1, -0.05) is 51.5 Å². The third kappa shape index (κ3) is 4.78. The molecule has 3 aromatic rings. The van der Waals surface area contributed by atoms with Gasteiger partial charge in [0.2, 0.25) is 5.91 Å². The van der Waals surface area contributed by atoms with Crippen molar-refractivity contribution >= 4 is 11.7 Å². The minimum atomic E-state index is -0.291. The molecule has 0 fully saturated rings. The van der Waals surface area contributed by atoms with Crippen LogP contribution in [0.2, 0.25) is 0 Å². The molecular weight excluding hydrogens is 392 g/mol. The van der Waals surface area contributed by atoms with E-state index >= 15 is 0 Å². The Balaban J connectivity index is 1.43. The largest absolute Gasteiger partial charge is 0.346 e. The van der Waals surface area contributed by atoms with E-state index in [0.29, 0.717) is 18.9 Å². The summed E-state index contributed by atoms with van der Waals surface area (Å²) >= 11 is 0. The Morgan fingerprint density at radius 1 is 1.06 bits per heavy atom. The van der Waals surface area contributed by atoms with E-state index in [1.807, 2.05) is 0 Å². The predicted molar refractivity (Wildman–Crippen MR) is 119 cm³/mol. The Labute approximate surface area is 181 Å². The van der Waals surface area contributed by atoms with Crippen molar-refractivity contribution in [2.75, 3.05) is 5.32 Å². The number of benzene rings is 1. The lowest BCUT2D eigenvalue weighted by Crippen LogP contribution is -2.30. The maximum atomic E-state index is 12.6. The molecule has 0 atom stereocenters. The molecule has 2 aromatic heterocycles. The number of aromatic nitrogens is 5. The van der Waals surface area contributed by atoms with Crippen LogP contribution in [0, 0.1) is 0 Å². The van der Waals surface area contributed by atoms with Crippen LogP contribution in [0.1, 0.15) is 57.0 Å². The monoisotopic (exact) mass is 422 g/mol. The highest BCUT2D eigenvalue weighted by Gasteiger charge is 2.18. The molecule has 8 heteroatoms. The zero-order valence-corrected chi connectivity index (χ0v) is 18.5. The quantitative estimate of drug-likeness (QED) is 0.685. The SMILES string of the molecule is CC(C)(C)c1ccc(Cn2nccc2NC(=O)Cn2nc3n(c2=O)CCCCC3)cc1. The van der Waals surface area contributed by atoms with Crippen LogP contribution in [0.5, 0.6) is 0 Å². The molecule has 0 saturated heterocycles. The maximum absolute atomic E-state index is 12.6. The molecule has 4 rings (SSSR count). The van der Waals surface area contributed by atoms with Crippen molar-refractivity contribution in [3.63, 3.8) is 0 Å². The molecule has 1 aliphatic rings. The van der Waals surface area contributed by atoms with E-state index in [9.17, 15) is 9.59 Å². The number of hydrogen-bond acceptors (Lipinski definition) is 4.